The van der Waals surface area contributed by atoms with Crippen molar-refractivity contribution in [2.45, 2.75) is 6.92 Å². The largest absolute Gasteiger partial charge is 1.00 e. The van der Waals surface area contributed by atoms with Crippen molar-refractivity contribution >= 4 is 20.7 Å². The van der Waals surface area contributed by atoms with Gasteiger partial charge in [0, 0.05) is 0 Å². The molecule has 0 atom stereocenters. The maximum absolute atomic E-state index is 9.39. The maximum atomic E-state index is 9.39. The van der Waals surface area contributed by atoms with Crippen LogP contribution in [0.4, 0.5) is 0 Å². The average molecular weight is 129 g/mol. The van der Waals surface area contributed by atoms with Crippen molar-refractivity contribution in [2.24, 2.45) is 0 Å². The molecule has 0 saturated heterocycles. The van der Waals surface area contributed by atoms with Gasteiger partial charge in [-0.1, -0.05) is 0 Å². The van der Waals surface area contributed by atoms with Gasteiger partial charge < -0.3 is 0 Å². The standard InChI is InChI=1S/C2H4OSe.Li/c1-2(3)4;/h1H3,(H,3,4);/q;+1/p-1. The zero-order chi connectivity index (χ0) is 3.58. The van der Waals surface area contributed by atoms with Gasteiger partial charge in [-0.25, -0.2) is 0 Å². The van der Waals surface area contributed by atoms with Crippen LogP contribution in [-0.4, -0.2) is 20.7 Å². The molecule has 0 aromatic heterocycles. The summed E-state index contributed by atoms with van der Waals surface area (Å²) in [6.45, 7) is 1.47. The van der Waals surface area contributed by atoms with Crippen LogP contribution in [0, 0.1) is 0 Å². The Kier molecular flexibility index (Phi) is 8.85. The fourth-order valence-corrected chi connectivity index (χ4v) is 0. The Morgan fingerprint density at radius 3 is 1.80 bits per heavy atom. The van der Waals surface area contributed by atoms with Crippen molar-refractivity contribution in [1.82, 2.24) is 0 Å². The molecule has 0 aromatic rings. The maximum Gasteiger partial charge on any atom is 1.00 e. The van der Waals surface area contributed by atoms with Crippen molar-refractivity contribution in [3.05, 3.63) is 0 Å². The molecule has 0 aliphatic carbocycles. The number of carbonyl (C=O) groups excluding carboxylic acids is 1. The number of rotatable bonds is 0. The van der Waals surface area contributed by atoms with Gasteiger partial charge in [0.15, 0.2) is 0 Å². The zero-order valence-corrected chi connectivity index (χ0v) is 5.03. The molecule has 0 heterocycles. The summed E-state index contributed by atoms with van der Waals surface area (Å²) in [5.41, 5.74) is 0. The van der Waals surface area contributed by atoms with E-state index in [1.165, 1.54) is 6.92 Å². The smallest absolute Gasteiger partial charge is 1.00 e. The molecule has 3 heteroatoms. The number of carbonyl (C=O) groups is 1. The molecule has 0 spiro atoms. The fourth-order valence-electron chi connectivity index (χ4n) is 0. The van der Waals surface area contributed by atoms with E-state index in [2.05, 4.69) is 16.0 Å². The summed E-state index contributed by atoms with van der Waals surface area (Å²) in [5.74, 6) is 0. The molecule has 0 N–H and O–H groups in total. The Morgan fingerprint density at radius 2 is 1.80 bits per heavy atom. The van der Waals surface area contributed by atoms with Crippen molar-refractivity contribution in [1.29, 1.82) is 0 Å². The van der Waals surface area contributed by atoms with Gasteiger partial charge in [-0.3, -0.25) is 0 Å². The molecule has 0 unspecified atom stereocenters. The van der Waals surface area contributed by atoms with E-state index in [0.29, 0.717) is 0 Å². The van der Waals surface area contributed by atoms with Crippen LogP contribution in [-0.2, 0) is 4.79 Å². The third-order valence-corrected chi connectivity index (χ3v) is 0. The fraction of sp³-hybridized carbons (Fsp3) is 0.500. The van der Waals surface area contributed by atoms with Crippen LogP contribution in [0.3, 0.4) is 0 Å². The van der Waals surface area contributed by atoms with Crippen molar-refractivity contribution < 1.29 is 23.7 Å². The SMILES string of the molecule is CC(=O)[Se-].[Li+]. The Morgan fingerprint density at radius 1 is 1.80 bits per heavy atom. The van der Waals surface area contributed by atoms with Crippen LogP contribution < -0.4 is 18.9 Å². The van der Waals surface area contributed by atoms with E-state index in [1.54, 1.807) is 0 Å². The molecule has 0 rings (SSSR count). The van der Waals surface area contributed by atoms with Crippen molar-refractivity contribution in [3.8, 4) is 0 Å². The van der Waals surface area contributed by atoms with Crippen LogP contribution in [0.25, 0.3) is 0 Å². The predicted octanol–water partition coefficient (Wildman–Crippen LogP) is -3.29. The average Bonchev–Trinajstić information content (AvgIpc) is 0.811. The second-order valence-corrected chi connectivity index (χ2v) is 1.70. The number of hydrogen-bond donors (Lipinski definition) is 0. The van der Waals surface area contributed by atoms with E-state index >= 15 is 0 Å². The van der Waals surface area contributed by atoms with Gasteiger partial charge in [0.25, 0.3) is 0 Å². The van der Waals surface area contributed by atoms with E-state index in [-0.39, 0.29) is 23.5 Å². The zero-order valence-electron chi connectivity index (χ0n) is 3.32. The first-order valence-corrected chi connectivity index (χ1v) is 1.76. The summed E-state index contributed by atoms with van der Waals surface area (Å²) >= 11 is 2.26. The summed E-state index contributed by atoms with van der Waals surface area (Å²) in [5, 5.41) is 0. The van der Waals surface area contributed by atoms with Gasteiger partial charge in [-0.2, -0.15) is 0 Å². The third kappa shape index (κ3) is 60.0. The van der Waals surface area contributed by atoms with E-state index in [9.17, 15) is 4.79 Å². The number of hydrogen-bond acceptors (Lipinski definition) is 1. The van der Waals surface area contributed by atoms with Gasteiger partial charge in [0.1, 0.15) is 0 Å². The topological polar surface area (TPSA) is 17.1 Å². The first-order chi connectivity index (χ1) is 1.73. The summed E-state index contributed by atoms with van der Waals surface area (Å²) in [6.07, 6.45) is 0. The van der Waals surface area contributed by atoms with Gasteiger partial charge in [0.05, 0.1) is 0 Å². The van der Waals surface area contributed by atoms with Gasteiger partial charge >= 0.3 is 51.3 Å². The second kappa shape index (κ2) is 4.79. The molecule has 0 bridgehead atoms. The minimum atomic E-state index is 0. The van der Waals surface area contributed by atoms with Crippen LogP contribution in [0.5, 0.6) is 0 Å². The third-order valence-electron chi connectivity index (χ3n) is 0. The van der Waals surface area contributed by atoms with Crippen LogP contribution in [0.1, 0.15) is 6.92 Å². The molecule has 0 aromatic carbocycles. The molecule has 1 nitrogen and oxygen atoms in total. The van der Waals surface area contributed by atoms with Crippen molar-refractivity contribution in [2.75, 3.05) is 0 Å². The Bertz CT molecular complexity index is 32.6. The summed E-state index contributed by atoms with van der Waals surface area (Å²) in [4.78, 5) is 9.39. The molecule has 0 amide bonds. The Balaban J connectivity index is 0. The van der Waals surface area contributed by atoms with Gasteiger partial charge in [-0.05, 0) is 0 Å². The first kappa shape index (κ1) is 9.25. The van der Waals surface area contributed by atoms with Crippen LogP contribution >= 0.6 is 0 Å². The van der Waals surface area contributed by atoms with Gasteiger partial charge in [0.2, 0.25) is 0 Å². The second-order valence-electron chi connectivity index (χ2n) is 0.492. The molecule has 0 saturated carbocycles. The van der Waals surface area contributed by atoms with E-state index in [0.717, 1.165) is 0 Å². The molecule has 0 radical (unpaired) electrons. The Labute approximate surface area is 51.5 Å². The van der Waals surface area contributed by atoms with E-state index in [1.807, 2.05) is 0 Å². The molecule has 5 heavy (non-hydrogen) atoms. The van der Waals surface area contributed by atoms with E-state index < -0.39 is 0 Å². The minimum absolute atomic E-state index is 0. The molecule has 0 fully saturated rings. The Hall–Kier alpha value is 0.787. The summed E-state index contributed by atoms with van der Waals surface area (Å²) in [6, 6.07) is 0. The van der Waals surface area contributed by atoms with E-state index in [4.69, 9.17) is 0 Å². The van der Waals surface area contributed by atoms with Gasteiger partial charge in [-0.15, -0.1) is 0 Å². The van der Waals surface area contributed by atoms with Crippen LogP contribution in [0.15, 0.2) is 0 Å². The van der Waals surface area contributed by atoms with Crippen LogP contribution in [0.2, 0.25) is 0 Å². The summed E-state index contributed by atoms with van der Waals surface area (Å²) in [7, 11) is 0. The monoisotopic (exact) mass is 130 g/mol. The first-order valence-electron chi connectivity index (χ1n) is 0.908. The minimum Gasteiger partial charge on any atom is 1.00 e. The van der Waals surface area contributed by atoms with Crippen molar-refractivity contribution in [3.63, 3.8) is 0 Å². The molecule has 0 aliphatic heterocycles. The molecular formula is C2H3LiOSe. The summed E-state index contributed by atoms with van der Waals surface area (Å²) < 4.78 is 0.0417. The molecular weight excluding hydrogens is 126 g/mol. The quantitative estimate of drug-likeness (QED) is 0.313. The normalized spacial score (nSPS) is 5.00. The predicted molar refractivity (Wildman–Crippen MR) is 16.4 cm³/mol. The molecule has 24 valence electrons. The molecule has 0 aliphatic rings.